The number of fused-ring (bicyclic) bond motifs is 1. The summed E-state index contributed by atoms with van der Waals surface area (Å²) in [7, 11) is 0. The van der Waals surface area contributed by atoms with Gasteiger partial charge >= 0.3 is 0 Å². The maximum absolute atomic E-state index is 11.2. The topological polar surface area (TPSA) is 78.3 Å². The first-order valence-corrected chi connectivity index (χ1v) is 7.41. The van der Waals surface area contributed by atoms with E-state index in [1.165, 1.54) is 4.91 Å². The van der Waals surface area contributed by atoms with E-state index in [0.717, 1.165) is 29.7 Å². The van der Waals surface area contributed by atoms with Gasteiger partial charge in [-0.25, -0.2) is 0 Å². The van der Waals surface area contributed by atoms with E-state index in [2.05, 4.69) is 6.08 Å². The molecule has 3 aliphatic rings. The molecule has 4 N–H and O–H groups in total. The Balaban J connectivity index is 1.86. The normalized spacial score (nSPS) is 25.8. The molecule has 0 aromatic heterocycles. The number of carbonyl (C=O) groups excluding carboxylic acids is 1. The Morgan fingerprint density at radius 2 is 2.30 bits per heavy atom. The highest BCUT2D eigenvalue weighted by atomic mass is 32.2. The Morgan fingerprint density at radius 1 is 1.45 bits per heavy atom. The van der Waals surface area contributed by atoms with E-state index < -0.39 is 11.9 Å². The molecule has 0 aromatic carbocycles. The third kappa shape index (κ3) is 2.46. The molecule has 104 valence electrons. The third-order valence-corrected chi connectivity index (χ3v) is 4.84. The fourth-order valence-electron chi connectivity index (χ4n) is 2.33. The van der Waals surface area contributed by atoms with Crippen LogP contribution in [-0.4, -0.2) is 17.2 Å². The Morgan fingerprint density at radius 3 is 3.10 bits per heavy atom. The molecule has 4 nitrogen and oxygen atoms in total. The summed E-state index contributed by atoms with van der Waals surface area (Å²) in [6.07, 6.45) is 13.8. The van der Waals surface area contributed by atoms with Crippen molar-refractivity contribution in [2.24, 2.45) is 11.5 Å². The van der Waals surface area contributed by atoms with Crippen molar-refractivity contribution in [1.82, 2.24) is 0 Å². The molecule has 0 saturated carbocycles. The molecule has 2 unspecified atom stereocenters. The van der Waals surface area contributed by atoms with Crippen LogP contribution in [0.15, 0.2) is 58.5 Å². The highest BCUT2D eigenvalue weighted by molar-refractivity contribution is 8.04. The summed E-state index contributed by atoms with van der Waals surface area (Å²) >= 11 is 1.79. The maximum atomic E-state index is 11.2. The van der Waals surface area contributed by atoms with Crippen molar-refractivity contribution in [2.75, 3.05) is 0 Å². The first-order chi connectivity index (χ1) is 9.65. The lowest BCUT2D eigenvalue weighted by Crippen LogP contribution is -2.38. The van der Waals surface area contributed by atoms with Gasteiger partial charge in [-0.05, 0) is 30.6 Å². The second-order valence-electron chi connectivity index (χ2n) is 4.89. The van der Waals surface area contributed by atoms with Crippen molar-refractivity contribution in [1.29, 1.82) is 0 Å². The van der Waals surface area contributed by atoms with Gasteiger partial charge in [0, 0.05) is 10.5 Å². The molecule has 2 aliphatic carbocycles. The molecule has 3 rings (SSSR count). The van der Waals surface area contributed by atoms with Gasteiger partial charge in [0.15, 0.2) is 0 Å². The summed E-state index contributed by atoms with van der Waals surface area (Å²) in [5.41, 5.74) is 12.8. The molecule has 2 atom stereocenters. The van der Waals surface area contributed by atoms with Crippen LogP contribution in [0.1, 0.15) is 12.8 Å². The molecule has 0 fully saturated rings. The zero-order valence-electron chi connectivity index (χ0n) is 10.9. The second kappa shape index (κ2) is 5.34. The molecular weight excluding hydrogens is 272 g/mol. The first kappa shape index (κ1) is 13.3. The molecule has 1 heterocycles. The van der Waals surface area contributed by atoms with Crippen LogP contribution in [0, 0.1) is 0 Å². The highest BCUT2D eigenvalue weighted by Gasteiger charge is 2.25. The largest absolute Gasteiger partial charge is 0.464 e. The molecule has 5 heteroatoms. The van der Waals surface area contributed by atoms with E-state index in [4.69, 9.17) is 16.2 Å². The van der Waals surface area contributed by atoms with E-state index in [1.807, 2.05) is 24.3 Å². The fraction of sp³-hybridized carbons (Fsp3) is 0.267. The number of ether oxygens (including phenoxy) is 1. The highest BCUT2D eigenvalue weighted by Crippen LogP contribution is 2.40. The Bertz CT molecular complexity index is 599. The van der Waals surface area contributed by atoms with Crippen molar-refractivity contribution in [2.45, 2.75) is 24.1 Å². The van der Waals surface area contributed by atoms with Crippen molar-refractivity contribution >= 4 is 17.7 Å². The summed E-state index contributed by atoms with van der Waals surface area (Å²) in [6, 6.07) is -0.774. The summed E-state index contributed by atoms with van der Waals surface area (Å²) in [6.45, 7) is 0. The zero-order chi connectivity index (χ0) is 14.1. The standard InChI is InChI=1S/C15H16N2O2S/c16-14(15(17)18)9-5-6-12-10(7-9)8-19-11-3-1-2-4-13(11)20-12/h1,3,5-8,12,14H,2,4,16H2,(H2,17,18). The Kier molecular flexibility index (Phi) is 3.54. The average molecular weight is 288 g/mol. The van der Waals surface area contributed by atoms with Gasteiger partial charge in [-0.3, -0.25) is 4.79 Å². The fourth-order valence-corrected chi connectivity index (χ4v) is 3.52. The second-order valence-corrected chi connectivity index (χ2v) is 6.12. The number of allylic oxidation sites excluding steroid dienone is 4. The van der Waals surface area contributed by atoms with Gasteiger partial charge in [-0.2, -0.15) is 0 Å². The number of hydrogen-bond donors (Lipinski definition) is 2. The van der Waals surface area contributed by atoms with Crippen LogP contribution in [0.4, 0.5) is 0 Å². The molecule has 1 aliphatic heterocycles. The van der Waals surface area contributed by atoms with Gasteiger partial charge in [-0.1, -0.05) is 18.2 Å². The Hall–Kier alpha value is -1.72. The predicted molar refractivity (Wildman–Crippen MR) is 80.3 cm³/mol. The molecule has 0 spiro atoms. The van der Waals surface area contributed by atoms with E-state index in [0.29, 0.717) is 0 Å². The van der Waals surface area contributed by atoms with Crippen LogP contribution in [0.25, 0.3) is 0 Å². The van der Waals surface area contributed by atoms with Gasteiger partial charge in [0.05, 0.1) is 11.5 Å². The molecule has 0 saturated heterocycles. The molecule has 0 bridgehead atoms. The SMILES string of the molecule is NC(=O)C(N)C1=CC2=COC3=C(CCC=C3)SC2C=C1. The van der Waals surface area contributed by atoms with E-state index >= 15 is 0 Å². The molecule has 0 radical (unpaired) electrons. The van der Waals surface area contributed by atoms with Crippen LogP contribution in [0.2, 0.25) is 0 Å². The number of nitrogens with two attached hydrogens (primary N) is 2. The summed E-state index contributed by atoms with van der Waals surface area (Å²) < 4.78 is 5.74. The number of amides is 1. The monoisotopic (exact) mass is 288 g/mol. The Labute approximate surface area is 121 Å². The summed E-state index contributed by atoms with van der Waals surface area (Å²) in [4.78, 5) is 12.4. The van der Waals surface area contributed by atoms with E-state index in [1.54, 1.807) is 18.0 Å². The van der Waals surface area contributed by atoms with E-state index in [9.17, 15) is 4.79 Å². The number of carbonyl (C=O) groups is 1. The van der Waals surface area contributed by atoms with Crippen molar-refractivity contribution < 1.29 is 9.53 Å². The van der Waals surface area contributed by atoms with Crippen LogP contribution < -0.4 is 11.5 Å². The van der Waals surface area contributed by atoms with Crippen LogP contribution in [0.5, 0.6) is 0 Å². The van der Waals surface area contributed by atoms with Crippen molar-refractivity contribution in [3.05, 3.63) is 58.5 Å². The number of thioether (sulfide) groups is 1. The zero-order valence-corrected chi connectivity index (χ0v) is 11.7. The molecule has 0 aromatic rings. The molecule has 20 heavy (non-hydrogen) atoms. The number of hydrogen-bond acceptors (Lipinski definition) is 4. The first-order valence-electron chi connectivity index (χ1n) is 6.53. The summed E-state index contributed by atoms with van der Waals surface area (Å²) in [5, 5.41) is 0.206. The van der Waals surface area contributed by atoms with Gasteiger partial charge in [0.25, 0.3) is 0 Å². The lowest BCUT2D eigenvalue weighted by Gasteiger charge is -2.20. The summed E-state index contributed by atoms with van der Waals surface area (Å²) in [5.74, 6) is 0.396. The van der Waals surface area contributed by atoms with E-state index in [-0.39, 0.29) is 5.25 Å². The van der Waals surface area contributed by atoms with Crippen molar-refractivity contribution in [3.8, 4) is 0 Å². The van der Waals surface area contributed by atoms with Gasteiger partial charge in [-0.15, -0.1) is 11.8 Å². The maximum Gasteiger partial charge on any atom is 0.238 e. The van der Waals surface area contributed by atoms with Gasteiger partial charge in [0.2, 0.25) is 5.91 Å². The number of primary amides is 1. The minimum absolute atomic E-state index is 0.206. The van der Waals surface area contributed by atoms with Crippen LogP contribution in [0.3, 0.4) is 0 Å². The molecule has 1 amide bonds. The van der Waals surface area contributed by atoms with Gasteiger partial charge in [0.1, 0.15) is 11.8 Å². The smallest absolute Gasteiger partial charge is 0.238 e. The van der Waals surface area contributed by atoms with Crippen LogP contribution >= 0.6 is 11.8 Å². The predicted octanol–water partition coefficient (Wildman–Crippen LogP) is 1.87. The quantitative estimate of drug-likeness (QED) is 0.813. The third-order valence-electron chi connectivity index (χ3n) is 3.46. The lowest BCUT2D eigenvalue weighted by molar-refractivity contribution is -0.118. The number of rotatable bonds is 2. The molecular formula is C15H16N2O2S. The van der Waals surface area contributed by atoms with Gasteiger partial charge < -0.3 is 16.2 Å². The van der Waals surface area contributed by atoms with Crippen LogP contribution in [-0.2, 0) is 9.53 Å². The average Bonchev–Trinajstić information content (AvgIpc) is 2.64. The minimum atomic E-state index is -0.774. The minimum Gasteiger partial charge on any atom is -0.464 e. The lowest BCUT2D eigenvalue weighted by atomic mass is 9.97. The van der Waals surface area contributed by atoms with Crippen molar-refractivity contribution in [3.63, 3.8) is 0 Å².